The van der Waals surface area contributed by atoms with Crippen molar-refractivity contribution in [1.29, 1.82) is 0 Å². The number of benzene rings is 1. The highest BCUT2D eigenvalue weighted by Gasteiger charge is 2.18. The Kier molecular flexibility index (Phi) is 6.62. The standard InChI is InChI=1S/C17H21N3O3S/c1-12-4-2-5-13(10-12)23-8-7-19-16(21)11-14(20-17(18)22)15-6-3-9-24-15/h2-6,9-10,14H,7-8,11H2,1H3,(H,19,21)(H3,18,20,22). The van der Waals surface area contributed by atoms with Gasteiger partial charge in [0.2, 0.25) is 5.91 Å². The number of carbonyl (C=O) groups excluding carboxylic acids is 2. The van der Waals surface area contributed by atoms with Crippen LogP contribution in [-0.2, 0) is 4.79 Å². The maximum absolute atomic E-state index is 12.0. The van der Waals surface area contributed by atoms with Gasteiger partial charge in [0.05, 0.1) is 19.0 Å². The fourth-order valence-corrected chi connectivity index (χ4v) is 2.98. The Bertz CT molecular complexity index is 673. The molecule has 0 aliphatic heterocycles. The first-order valence-electron chi connectivity index (χ1n) is 7.60. The molecule has 3 amide bonds. The third-order valence-electron chi connectivity index (χ3n) is 3.28. The Labute approximate surface area is 145 Å². The van der Waals surface area contributed by atoms with Crippen molar-refractivity contribution in [3.8, 4) is 5.75 Å². The van der Waals surface area contributed by atoms with Crippen molar-refractivity contribution >= 4 is 23.3 Å². The minimum Gasteiger partial charge on any atom is -0.492 e. The predicted octanol–water partition coefficient (Wildman–Crippen LogP) is 2.35. The molecule has 0 radical (unpaired) electrons. The quantitative estimate of drug-likeness (QED) is 0.640. The Balaban J connectivity index is 1.76. The van der Waals surface area contributed by atoms with Crippen molar-refractivity contribution < 1.29 is 14.3 Å². The molecule has 1 aromatic carbocycles. The minimum atomic E-state index is -0.649. The smallest absolute Gasteiger partial charge is 0.312 e. The van der Waals surface area contributed by atoms with Crippen LogP contribution in [0.1, 0.15) is 22.9 Å². The van der Waals surface area contributed by atoms with Crippen molar-refractivity contribution in [1.82, 2.24) is 10.6 Å². The van der Waals surface area contributed by atoms with Gasteiger partial charge in [-0.3, -0.25) is 4.79 Å². The summed E-state index contributed by atoms with van der Waals surface area (Å²) in [6.07, 6.45) is 0.133. The molecule has 0 aliphatic rings. The lowest BCUT2D eigenvalue weighted by Gasteiger charge is -2.16. The van der Waals surface area contributed by atoms with Gasteiger partial charge in [0.15, 0.2) is 0 Å². The molecule has 2 rings (SSSR count). The molecule has 1 atom stereocenters. The van der Waals surface area contributed by atoms with Gasteiger partial charge in [0.1, 0.15) is 12.4 Å². The number of urea groups is 1. The van der Waals surface area contributed by atoms with Crippen LogP contribution in [0.4, 0.5) is 4.79 Å². The van der Waals surface area contributed by atoms with Gasteiger partial charge >= 0.3 is 6.03 Å². The van der Waals surface area contributed by atoms with E-state index in [1.807, 2.05) is 48.7 Å². The number of aryl methyl sites for hydroxylation is 1. The summed E-state index contributed by atoms with van der Waals surface area (Å²) >= 11 is 1.47. The van der Waals surface area contributed by atoms with E-state index < -0.39 is 12.1 Å². The van der Waals surface area contributed by atoms with Gasteiger partial charge in [-0.1, -0.05) is 18.2 Å². The third kappa shape index (κ3) is 5.92. The monoisotopic (exact) mass is 347 g/mol. The van der Waals surface area contributed by atoms with E-state index >= 15 is 0 Å². The van der Waals surface area contributed by atoms with Crippen LogP contribution in [0.5, 0.6) is 5.75 Å². The summed E-state index contributed by atoms with van der Waals surface area (Å²) in [5, 5.41) is 7.26. The van der Waals surface area contributed by atoms with Gasteiger partial charge in [-0.05, 0) is 36.1 Å². The van der Waals surface area contributed by atoms with Crippen LogP contribution in [0.15, 0.2) is 41.8 Å². The molecule has 0 aliphatic carbocycles. The number of hydrogen-bond acceptors (Lipinski definition) is 4. The lowest BCUT2D eigenvalue weighted by atomic mass is 10.1. The van der Waals surface area contributed by atoms with Crippen molar-refractivity contribution in [3.63, 3.8) is 0 Å². The lowest BCUT2D eigenvalue weighted by Crippen LogP contribution is -2.37. The fourth-order valence-electron chi connectivity index (χ4n) is 2.21. The largest absolute Gasteiger partial charge is 0.492 e. The van der Waals surface area contributed by atoms with Crippen LogP contribution in [0.2, 0.25) is 0 Å². The molecule has 6 nitrogen and oxygen atoms in total. The second-order valence-corrected chi connectivity index (χ2v) is 6.27. The summed E-state index contributed by atoms with van der Waals surface area (Å²) in [5.74, 6) is 0.603. The Morgan fingerprint density at radius 2 is 2.12 bits per heavy atom. The molecule has 0 spiro atoms. The zero-order chi connectivity index (χ0) is 17.4. The summed E-state index contributed by atoms with van der Waals surface area (Å²) in [7, 11) is 0. The van der Waals surface area contributed by atoms with Crippen LogP contribution in [0, 0.1) is 6.92 Å². The molecule has 0 saturated heterocycles. The van der Waals surface area contributed by atoms with E-state index in [2.05, 4.69) is 10.6 Å². The highest BCUT2D eigenvalue weighted by molar-refractivity contribution is 7.10. The van der Waals surface area contributed by atoms with Crippen molar-refractivity contribution in [2.45, 2.75) is 19.4 Å². The maximum atomic E-state index is 12.0. The second-order valence-electron chi connectivity index (χ2n) is 5.30. The summed E-state index contributed by atoms with van der Waals surface area (Å²) in [6.45, 7) is 2.76. The summed E-state index contributed by atoms with van der Waals surface area (Å²) in [5.41, 5.74) is 6.29. The molecule has 128 valence electrons. The van der Waals surface area contributed by atoms with E-state index in [1.165, 1.54) is 11.3 Å². The van der Waals surface area contributed by atoms with E-state index in [1.54, 1.807) is 0 Å². The topological polar surface area (TPSA) is 93.4 Å². The van der Waals surface area contributed by atoms with Gasteiger partial charge < -0.3 is 21.1 Å². The molecule has 0 saturated carbocycles. The highest BCUT2D eigenvalue weighted by atomic mass is 32.1. The fraction of sp³-hybridized carbons (Fsp3) is 0.294. The van der Waals surface area contributed by atoms with E-state index in [9.17, 15) is 9.59 Å². The van der Waals surface area contributed by atoms with Crippen LogP contribution in [0.25, 0.3) is 0 Å². The lowest BCUT2D eigenvalue weighted by molar-refractivity contribution is -0.121. The second kappa shape index (κ2) is 8.93. The number of thiophene rings is 1. The highest BCUT2D eigenvalue weighted by Crippen LogP contribution is 2.21. The summed E-state index contributed by atoms with van der Waals surface area (Å²) < 4.78 is 5.58. The van der Waals surface area contributed by atoms with Gasteiger partial charge in [-0.15, -0.1) is 11.3 Å². The molecular formula is C17H21N3O3S. The normalized spacial score (nSPS) is 11.5. The average molecular weight is 347 g/mol. The number of amides is 3. The van der Waals surface area contributed by atoms with Crippen molar-refractivity contribution in [3.05, 3.63) is 52.2 Å². The van der Waals surface area contributed by atoms with Crippen molar-refractivity contribution in [2.75, 3.05) is 13.2 Å². The number of rotatable bonds is 8. The molecule has 1 aromatic heterocycles. The number of nitrogens with two attached hydrogens (primary N) is 1. The van der Waals surface area contributed by atoms with Crippen molar-refractivity contribution in [2.24, 2.45) is 5.73 Å². The first kappa shape index (κ1) is 17.8. The number of primary amides is 1. The van der Waals surface area contributed by atoms with Gasteiger partial charge in [-0.25, -0.2) is 4.79 Å². The molecule has 24 heavy (non-hydrogen) atoms. The number of hydrogen-bond donors (Lipinski definition) is 3. The Morgan fingerprint density at radius 1 is 1.29 bits per heavy atom. The zero-order valence-corrected chi connectivity index (χ0v) is 14.3. The maximum Gasteiger partial charge on any atom is 0.312 e. The molecule has 7 heteroatoms. The van der Waals surface area contributed by atoms with E-state index in [0.29, 0.717) is 13.2 Å². The van der Waals surface area contributed by atoms with Crippen LogP contribution < -0.4 is 21.1 Å². The van der Waals surface area contributed by atoms with E-state index in [4.69, 9.17) is 10.5 Å². The van der Waals surface area contributed by atoms with Crippen LogP contribution in [0.3, 0.4) is 0 Å². The molecule has 0 bridgehead atoms. The minimum absolute atomic E-state index is 0.133. The van der Waals surface area contributed by atoms with Gasteiger partial charge in [0, 0.05) is 4.88 Å². The molecule has 2 aromatic rings. The molecule has 0 fully saturated rings. The number of ether oxygens (including phenoxy) is 1. The summed E-state index contributed by atoms with van der Waals surface area (Å²) in [6, 6.07) is 10.4. The Morgan fingerprint density at radius 3 is 2.79 bits per heavy atom. The van der Waals surface area contributed by atoms with E-state index in [-0.39, 0.29) is 12.3 Å². The first-order chi connectivity index (χ1) is 11.5. The number of carbonyl (C=O) groups is 2. The SMILES string of the molecule is Cc1cccc(OCCNC(=O)CC(NC(N)=O)c2cccs2)c1. The predicted molar refractivity (Wildman–Crippen MR) is 94.1 cm³/mol. The third-order valence-corrected chi connectivity index (χ3v) is 4.26. The molecule has 4 N–H and O–H groups in total. The van der Waals surface area contributed by atoms with Gasteiger partial charge in [-0.2, -0.15) is 0 Å². The Hall–Kier alpha value is -2.54. The summed E-state index contributed by atoms with van der Waals surface area (Å²) in [4.78, 5) is 24.0. The van der Waals surface area contributed by atoms with Crippen LogP contribution >= 0.6 is 11.3 Å². The molecular weight excluding hydrogens is 326 g/mol. The van der Waals surface area contributed by atoms with Gasteiger partial charge in [0.25, 0.3) is 0 Å². The molecule has 1 unspecified atom stereocenters. The number of nitrogens with one attached hydrogen (secondary N) is 2. The average Bonchev–Trinajstić information content (AvgIpc) is 3.05. The van der Waals surface area contributed by atoms with E-state index in [0.717, 1.165) is 16.2 Å². The first-order valence-corrected chi connectivity index (χ1v) is 8.48. The molecule has 1 heterocycles. The zero-order valence-electron chi connectivity index (χ0n) is 13.5. The van der Waals surface area contributed by atoms with Crippen LogP contribution in [-0.4, -0.2) is 25.1 Å².